The molecule has 0 bridgehead atoms. The highest BCUT2D eigenvalue weighted by molar-refractivity contribution is 6.16. The van der Waals surface area contributed by atoms with E-state index in [1.807, 2.05) is 13.0 Å². The molecule has 0 fully saturated rings. The van der Waals surface area contributed by atoms with Crippen LogP contribution in [0.15, 0.2) is 29.8 Å². The predicted octanol–water partition coefficient (Wildman–Crippen LogP) is 1.55. The van der Waals surface area contributed by atoms with E-state index in [1.54, 1.807) is 18.2 Å². The summed E-state index contributed by atoms with van der Waals surface area (Å²) in [6.07, 6.45) is 1.14. The number of benzene rings is 1. The second-order valence-electron chi connectivity index (χ2n) is 3.08. The zero-order valence-electron chi connectivity index (χ0n) is 8.10. The molecule has 0 radical (unpaired) electrons. The van der Waals surface area contributed by atoms with Gasteiger partial charge in [-0.2, -0.15) is 0 Å². The maximum Gasteiger partial charge on any atom is 0.343 e. The van der Waals surface area contributed by atoms with E-state index >= 15 is 0 Å². The van der Waals surface area contributed by atoms with Crippen LogP contribution < -0.4 is 0 Å². The summed E-state index contributed by atoms with van der Waals surface area (Å²) in [6, 6.07) is 6.95. The van der Waals surface area contributed by atoms with E-state index in [2.05, 4.69) is 0 Å². The lowest BCUT2D eigenvalue weighted by Gasteiger charge is -1.98. The lowest BCUT2D eigenvalue weighted by molar-refractivity contribution is -0.139. The van der Waals surface area contributed by atoms with Gasteiger partial charge in [-0.05, 0) is 18.6 Å². The van der Waals surface area contributed by atoms with E-state index < -0.39 is 17.5 Å². The van der Waals surface area contributed by atoms with Crippen LogP contribution in [0, 0.1) is 6.92 Å². The fourth-order valence-electron chi connectivity index (χ4n) is 1.14. The molecule has 0 spiro atoms. The molecule has 1 rings (SSSR count). The van der Waals surface area contributed by atoms with Crippen molar-refractivity contribution in [3.63, 3.8) is 0 Å². The van der Waals surface area contributed by atoms with Crippen molar-refractivity contribution in [3.05, 3.63) is 41.0 Å². The molecule has 4 heteroatoms. The quantitative estimate of drug-likeness (QED) is 0.447. The predicted molar refractivity (Wildman–Crippen MR) is 54.4 cm³/mol. The number of aliphatic carboxylic acids is 2. The van der Waals surface area contributed by atoms with Crippen LogP contribution in [0.1, 0.15) is 11.1 Å². The maximum absolute atomic E-state index is 10.6. The minimum atomic E-state index is -1.44. The van der Waals surface area contributed by atoms with E-state index in [-0.39, 0.29) is 0 Å². The monoisotopic (exact) mass is 206 g/mol. The number of carboxylic acids is 2. The van der Waals surface area contributed by atoms with Gasteiger partial charge < -0.3 is 10.2 Å². The highest BCUT2D eigenvalue weighted by Gasteiger charge is 2.15. The molecule has 0 aliphatic carbocycles. The molecule has 1 aromatic rings. The number of hydrogen-bond acceptors (Lipinski definition) is 2. The summed E-state index contributed by atoms with van der Waals surface area (Å²) >= 11 is 0. The summed E-state index contributed by atoms with van der Waals surface area (Å²) in [5, 5.41) is 17.3. The minimum Gasteiger partial charge on any atom is -0.477 e. The molecule has 0 aliphatic heterocycles. The van der Waals surface area contributed by atoms with Crippen LogP contribution in [0.5, 0.6) is 0 Å². The van der Waals surface area contributed by atoms with Crippen molar-refractivity contribution in [1.29, 1.82) is 0 Å². The average molecular weight is 206 g/mol. The van der Waals surface area contributed by atoms with Crippen LogP contribution in [-0.4, -0.2) is 22.2 Å². The molecular weight excluding hydrogens is 196 g/mol. The first kappa shape index (κ1) is 11.0. The van der Waals surface area contributed by atoms with Gasteiger partial charge in [-0.3, -0.25) is 0 Å². The molecule has 0 saturated heterocycles. The Bertz CT molecular complexity index is 416. The van der Waals surface area contributed by atoms with E-state index in [9.17, 15) is 9.59 Å². The molecule has 0 atom stereocenters. The van der Waals surface area contributed by atoms with E-state index in [0.29, 0.717) is 5.56 Å². The molecule has 0 amide bonds. The Morgan fingerprint density at radius 1 is 1.20 bits per heavy atom. The molecule has 0 heterocycles. The number of carbonyl (C=O) groups is 2. The number of rotatable bonds is 3. The van der Waals surface area contributed by atoms with Crippen LogP contribution in [0.2, 0.25) is 0 Å². The Kier molecular flexibility index (Phi) is 3.23. The molecular formula is C11H10O4. The van der Waals surface area contributed by atoms with Crippen molar-refractivity contribution in [1.82, 2.24) is 0 Å². The third-order valence-electron chi connectivity index (χ3n) is 1.81. The lowest BCUT2D eigenvalue weighted by atomic mass is 10.1. The molecule has 0 saturated carbocycles. The van der Waals surface area contributed by atoms with Gasteiger partial charge in [0.15, 0.2) is 0 Å². The first-order valence-corrected chi connectivity index (χ1v) is 4.25. The summed E-state index contributed by atoms with van der Waals surface area (Å²) < 4.78 is 0. The highest BCUT2D eigenvalue weighted by Crippen LogP contribution is 2.09. The second-order valence-corrected chi connectivity index (χ2v) is 3.08. The van der Waals surface area contributed by atoms with Gasteiger partial charge in [0.05, 0.1) is 0 Å². The topological polar surface area (TPSA) is 74.6 Å². The van der Waals surface area contributed by atoms with Gasteiger partial charge in [0.25, 0.3) is 0 Å². The maximum atomic E-state index is 10.6. The van der Waals surface area contributed by atoms with Gasteiger partial charge in [0, 0.05) is 0 Å². The fourth-order valence-corrected chi connectivity index (χ4v) is 1.14. The number of aryl methyl sites for hydroxylation is 1. The second kappa shape index (κ2) is 4.41. The summed E-state index contributed by atoms with van der Waals surface area (Å²) in [5.74, 6) is -2.88. The molecule has 15 heavy (non-hydrogen) atoms. The van der Waals surface area contributed by atoms with Crippen LogP contribution in [0.25, 0.3) is 6.08 Å². The van der Waals surface area contributed by atoms with E-state index in [1.165, 1.54) is 0 Å². The Morgan fingerprint density at radius 3 is 2.27 bits per heavy atom. The van der Waals surface area contributed by atoms with Gasteiger partial charge in [0.2, 0.25) is 0 Å². The van der Waals surface area contributed by atoms with Crippen molar-refractivity contribution in [3.8, 4) is 0 Å². The van der Waals surface area contributed by atoms with Crippen molar-refractivity contribution < 1.29 is 19.8 Å². The normalized spacial score (nSPS) is 9.40. The summed E-state index contributed by atoms with van der Waals surface area (Å²) in [7, 11) is 0. The third kappa shape index (κ3) is 2.95. The van der Waals surface area contributed by atoms with Gasteiger partial charge in [-0.15, -0.1) is 0 Å². The SMILES string of the molecule is Cc1cccc(C=C(C(=O)O)C(=O)O)c1. The largest absolute Gasteiger partial charge is 0.477 e. The standard InChI is InChI=1S/C11H10O4/c1-7-3-2-4-8(5-7)6-9(10(12)13)11(14)15/h2-6H,1H3,(H,12,13)(H,14,15). The molecule has 0 unspecified atom stereocenters. The Labute approximate surface area is 86.5 Å². The minimum absolute atomic E-state index is 0.565. The van der Waals surface area contributed by atoms with Crippen molar-refractivity contribution >= 4 is 18.0 Å². The summed E-state index contributed by atoms with van der Waals surface area (Å²) in [4.78, 5) is 21.2. The highest BCUT2D eigenvalue weighted by atomic mass is 16.4. The number of hydrogen-bond donors (Lipinski definition) is 2. The van der Waals surface area contributed by atoms with Crippen molar-refractivity contribution in [2.75, 3.05) is 0 Å². The van der Waals surface area contributed by atoms with Crippen LogP contribution in [0.3, 0.4) is 0 Å². The van der Waals surface area contributed by atoms with Crippen LogP contribution >= 0.6 is 0 Å². The Hall–Kier alpha value is -2.10. The van der Waals surface area contributed by atoms with Crippen LogP contribution in [0.4, 0.5) is 0 Å². The summed E-state index contributed by atoms with van der Waals surface area (Å²) in [5.41, 5.74) is 0.870. The van der Waals surface area contributed by atoms with E-state index in [4.69, 9.17) is 10.2 Å². The van der Waals surface area contributed by atoms with Crippen molar-refractivity contribution in [2.24, 2.45) is 0 Å². The zero-order chi connectivity index (χ0) is 11.4. The first-order valence-electron chi connectivity index (χ1n) is 4.25. The fraction of sp³-hybridized carbons (Fsp3) is 0.0909. The van der Waals surface area contributed by atoms with Gasteiger partial charge >= 0.3 is 11.9 Å². The molecule has 0 aliphatic rings. The Balaban J connectivity index is 3.13. The molecule has 4 nitrogen and oxygen atoms in total. The van der Waals surface area contributed by atoms with Crippen molar-refractivity contribution in [2.45, 2.75) is 6.92 Å². The number of carboxylic acid groups (broad SMARTS) is 2. The van der Waals surface area contributed by atoms with Crippen LogP contribution in [-0.2, 0) is 9.59 Å². The molecule has 0 aromatic heterocycles. The van der Waals surface area contributed by atoms with Gasteiger partial charge in [-0.1, -0.05) is 29.8 Å². The Morgan fingerprint density at radius 2 is 1.80 bits per heavy atom. The first-order chi connectivity index (χ1) is 7.00. The zero-order valence-corrected chi connectivity index (χ0v) is 8.10. The summed E-state index contributed by atoms with van der Waals surface area (Å²) in [6.45, 7) is 1.85. The smallest absolute Gasteiger partial charge is 0.343 e. The molecule has 1 aromatic carbocycles. The van der Waals surface area contributed by atoms with Gasteiger partial charge in [0.1, 0.15) is 5.57 Å². The lowest BCUT2D eigenvalue weighted by Crippen LogP contribution is -2.10. The molecule has 78 valence electrons. The van der Waals surface area contributed by atoms with E-state index in [0.717, 1.165) is 11.6 Å². The average Bonchev–Trinajstić information content (AvgIpc) is 2.13. The third-order valence-corrected chi connectivity index (χ3v) is 1.81. The molecule has 2 N–H and O–H groups in total. The van der Waals surface area contributed by atoms with Gasteiger partial charge in [-0.25, -0.2) is 9.59 Å².